The Morgan fingerprint density at radius 2 is 1.88 bits per heavy atom. The fraction of sp³-hybridized carbons (Fsp3) is 0.750. The number of carbonyl (C=O) groups is 1. The molecule has 6 nitrogen and oxygen atoms in total. The van der Waals surface area contributed by atoms with Crippen LogP contribution >= 0.6 is 0 Å². The first kappa shape index (κ1) is 17.7. The number of nitrogens with zero attached hydrogens (tertiary/aromatic N) is 3. The Balaban J connectivity index is 0.000000240. The SMILES string of the molecule is CC1CCCC1.CN1C(=O)C2(CC2)c2cnc(NC3CCNCC3)nc21. The van der Waals surface area contributed by atoms with E-state index >= 15 is 0 Å². The van der Waals surface area contributed by atoms with Crippen molar-refractivity contribution >= 4 is 17.7 Å². The molecule has 2 N–H and O–H groups in total. The highest BCUT2D eigenvalue weighted by Crippen LogP contribution is 2.56. The monoisotopic (exact) mass is 357 g/mol. The Labute approximate surface area is 156 Å². The van der Waals surface area contributed by atoms with Crippen molar-refractivity contribution in [3.63, 3.8) is 0 Å². The van der Waals surface area contributed by atoms with Crippen LogP contribution in [0.3, 0.4) is 0 Å². The van der Waals surface area contributed by atoms with Crippen LogP contribution in [-0.4, -0.2) is 42.1 Å². The number of hydrogen-bond acceptors (Lipinski definition) is 5. The number of nitrogens with one attached hydrogen (secondary N) is 2. The lowest BCUT2D eigenvalue weighted by Gasteiger charge is -2.23. The lowest BCUT2D eigenvalue weighted by molar-refractivity contribution is -0.119. The van der Waals surface area contributed by atoms with Crippen LogP contribution in [0.15, 0.2) is 6.20 Å². The number of amides is 1. The van der Waals surface area contributed by atoms with E-state index in [1.54, 1.807) is 4.90 Å². The number of piperidine rings is 1. The van der Waals surface area contributed by atoms with Crippen LogP contribution in [0.5, 0.6) is 0 Å². The van der Waals surface area contributed by atoms with Gasteiger partial charge in [-0.2, -0.15) is 4.98 Å². The molecular weight excluding hydrogens is 326 g/mol. The van der Waals surface area contributed by atoms with Crippen LogP contribution in [0.4, 0.5) is 11.8 Å². The highest BCUT2D eigenvalue weighted by molar-refractivity contribution is 6.08. The first-order valence-corrected chi connectivity index (χ1v) is 10.2. The predicted molar refractivity (Wildman–Crippen MR) is 104 cm³/mol. The minimum atomic E-state index is -0.280. The quantitative estimate of drug-likeness (QED) is 0.852. The molecule has 0 bridgehead atoms. The molecule has 3 heterocycles. The Morgan fingerprint density at radius 1 is 1.19 bits per heavy atom. The van der Waals surface area contributed by atoms with Gasteiger partial charge in [-0.3, -0.25) is 9.69 Å². The van der Waals surface area contributed by atoms with Crippen LogP contribution in [0.25, 0.3) is 0 Å². The van der Waals surface area contributed by atoms with Crippen LogP contribution in [0.2, 0.25) is 0 Å². The zero-order valence-electron chi connectivity index (χ0n) is 16.1. The first-order chi connectivity index (χ1) is 12.6. The number of fused-ring (bicyclic) bond motifs is 2. The third kappa shape index (κ3) is 3.31. The normalized spacial score (nSPS) is 24.4. The van der Waals surface area contributed by atoms with E-state index in [9.17, 15) is 4.79 Å². The van der Waals surface area contributed by atoms with Gasteiger partial charge in [-0.1, -0.05) is 32.6 Å². The van der Waals surface area contributed by atoms with E-state index in [0.29, 0.717) is 12.0 Å². The molecule has 0 aromatic carbocycles. The molecule has 142 valence electrons. The van der Waals surface area contributed by atoms with Crippen molar-refractivity contribution in [3.05, 3.63) is 11.8 Å². The maximum Gasteiger partial charge on any atom is 0.238 e. The number of rotatable bonds is 2. The smallest absolute Gasteiger partial charge is 0.238 e. The molecule has 1 spiro atoms. The van der Waals surface area contributed by atoms with Gasteiger partial charge in [0.15, 0.2) is 0 Å². The fourth-order valence-corrected chi connectivity index (χ4v) is 4.46. The molecule has 6 heteroatoms. The zero-order valence-corrected chi connectivity index (χ0v) is 16.1. The molecule has 5 rings (SSSR count). The first-order valence-electron chi connectivity index (χ1n) is 10.2. The van der Waals surface area contributed by atoms with Gasteiger partial charge in [-0.05, 0) is 44.7 Å². The summed E-state index contributed by atoms with van der Waals surface area (Å²) in [5.41, 5.74) is 0.734. The topological polar surface area (TPSA) is 70.2 Å². The van der Waals surface area contributed by atoms with Crippen LogP contribution in [-0.2, 0) is 10.2 Å². The van der Waals surface area contributed by atoms with E-state index in [4.69, 9.17) is 0 Å². The van der Waals surface area contributed by atoms with Gasteiger partial charge in [0, 0.05) is 24.8 Å². The van der Waals surface area contributed by atoms with Crippen LogP contribution < -0.4 is 15.5 Å². The van der Waals surface area contributed by atoms with Crippen molar-refractivity contribution in [1.29, 1.82) is 0 Å². The fourth-order valence-electron chi connectivity index (χ4n) is 4.46. The Kier molecular flexibility index (Phi) is 4.86. The van der Waals surface area contributed by atoms with E-state index in [-0.39, 0.29) is 11.3 Å². The van der Waals surface area contributed by atoms with Gasteiger partial charge in [-0.15, -0.1) is 0 Å². The van der Waals surface area contributed by atoms with E-state index in [1.807, 2.05) is 13.2 Å². The number of anilines is 2. The summed E-state index contributed by atoms with van der Waals surface area (Å²) in [7, 11) is 1.82. The second kappa shape index (κ2) is 7.14. The second-order valence-corrected chi connectivity index (χ2v) is 8.44. The maximum atomic E-state index is 12.3. The Hall–Kier alpha value is -1.69. The molecule has 4 aliphatic rings. The van der Waals surface area contributed by atoms with Crippen molar-refractivity contribution < 1.29 is 4.79 Å². The van der Waals surface area contributed by atoms with Crippen molar-refractivity contribution in [2.24, 2.45) is 5.92 Å². The highest BCUT2D eigenvalue weighted by atomic mass is 16.2. The molecule has 1 aromatic rings. The number of likely N-dealkylation sites (N-methyl/N-ethyl adjacent to an activating group) is 1. The summed E-state index contributed by atoms with van der Waals surface area (Å²) < 4.78 is 0. The summed E-state index contributed by atoms with van der Waals surface area (Å²) in [6.45, 7) is 4.40. The molecule has 3 fully saturated rings. The van der Waals surface area contributed by atoms with Crippen molar-refractivity contribution in [1.82, 2.24) is 15.3 Å². The highest BCUT2D eigenvalue weighted by Gasteiger charge is 2.59. The van der Waals surface area contributed by atoms with E-state index in [1.165, 1.54) is 25.7 Å². The van der Waals surface area contributed by atoms with E-state index in [2.05, 4.69) is 27.5 Å². The molecule has 1 aromatic heterocycles. The number of hydrogen-bond donors (Lipinski definition) is 2. The molecule has 1 amide bonds. The average Bonchev–Trinajstić information content (AvgIpc) is 3.28. The molecule has 0 atom stereocenters. The predicted octanol–water partition coefficient (Wildman–Crippen LogP) is 2.85. The van der Waals surface area contributed by atoms with E-state index < -0.39 is 0 Å². The van der Waals surface area contributed by atoms with Crippen molar-refractivity contribution in [2.75, 3.05) is 30.4 Å². The molecule has 0 radical (unpaired) electrons. The summed E-state index contributed by atoms with van der Waals surface area (Å²) >= 11 is 0. The van der Waals surface area contributed by atoms with Gasteiger partial charge in [-0.25, -0.2) is 4.98 Å². The van der Waals surface area contributed by atoms with Gasteiger partial charge in [0.1, 0.15) is 5.82 Å². The Morgan fingerprint density at radius 3 is 2.46 bits per heavy atom. The lowest BCUT2D eigenvalue weighted by Crippen LogP contribution is -2.35. The van der Waals surface area contributed by atoms with Gasteiger partial charge < -0.3 is 10.6 Å². The van der Waals surface area contributed by atoms with Crippen LogP contribution in [0.1, 0.15) is 63.9 Å². The summed E-state index contributed by atoms with van der Waals surface area (Å²) in [6, 6.07) is 0.423. The lowest BCUT2D eigenvalue weighted by atomic mass is 10.0. The van der Waals surface area contributed by atoms with Gasteiger partial charge in [0.2, 0.25) is 11.9 Å². The maximum absolute atomic E-state index is 12.3. The third-order valence-corrected chi connectivity index (χ3v) is 6.38. The largest absolute Gasteiger partial charge is 0.351 e. The summed E-state index contributed by atoms with van der Waals surface area (Å²) in [6.07, 6.45) is 11.8. The van der Waals surface area contributed by atoms with Crippen molar-refractivity contribution in [3.8, 4) is 0 Å². The summed E-state index contributed by atoms with van der Waals surface area (Å²) in [5, 5.41) is 6.73. The average molecular weight is 358 g/mol. The molecular formula is C20H31N5O. The van der Waals surface area contributed by atoms with Gasteiger partial charge in [0.25, 0.3) is 0 Å². The van der Waals surface area contributed by atoms with Gasteiger partial charge in [0.05, 0.1) is 5.41 Å². The molecule has 2 aliphatic carbocycles. The minimum Gasteiger partial charge on any atom is -0.351 e. The van der Waals surface area contributed by atoms with Gasteiger partial charge >= 0.3 is 0 Å². The summed E-state index contributed by atoms with van der Waals surface area (Å²) in [5.74, 6) is 2.66. The summed E-state index contributed by atoms with van der Waals surface area (Å²) in [4.78, 5) is 23.0. The van der Waals surface area contributed by atoms with Crippen molar-refractivity contribution in [2.45, 2.75) is 69.7 Å². The minimum absolute atomic E-state index is 0.181. The zero-order chi connectivity index (χ0) is 18.1. The number of aromatic nitrogens is 2. The molecule has 26 heavy (non-hydrogen) atoms. The molecule has 2 saturated carbocycles. The molecule has 2 aliphatic heterocycles. The number of carbonyl (C=O) groups excluding carboxylic acids is 1. The van der Waals surface area contributed by atoms with E-state index in [0.717, 1.165) is 56.1 Å². The van der Waals surface area contributed by atoms with Crippen LogP contribution in [0, 0.1) is 5.92 Å². The third-order valence-electron chi connectivity index (χ3n) is 6.38. The standard InChI is InChI=1S/C14H19N5O.C6H12/c1-19-11-10(14(4-5-14)12(19)20)8-16-13(18-11)17-9-2-6-15-7-3-9;1-6-4-2-3-5-6/h8-9,15H,2-7H2,1H3,(H,16,17,18);6H,2-5H2,1H3. The molecule has 0 unspecified atom stereocenters. The molecule has 1 saturated heterocycles. The Bertz CT molecular complexity index is 660. The second-order valence-electron chi connectivity index (χ2n) is 8.44.